The van der Waals surface area contributed by atoms with Gasteiger partial charge in [0, 0.05) is 21.9 Å². The van der Waals surface area contributed by atoms with Gasteiger partial charge in [-0.15, -0.1) is 23.5 Å². The monoisotopic (exact) mass is 451 g/mol. The molecule has 6 heteroatoms. The molecule has 0 fully saturated rings. The van der Waals surface area contributed by atoms with Gasteiger partial charge in [0.25, 0.3) is 5.01 Å². The second-order valence-corrected chi connectivity index (χ2v) is 8.40. The van der Waals surface area contributed by atoms with Crippen molar-refractivity contribution < 1.29 is 26.3 Å². The molecule has 2 nitrogen and oxygen atoms in total. The highest BCUT2D eigenvalue weighted by atomic mass is 79.9. The van der Waals surface area contributed by atoms with Crippen molar-refractivity contribution in [3.05, 3.63) is 69.4 Å². The first-order chi connectivity index (χ1) is 11.7. The van der Waals surface area contributed by atoms with Gasteiger partial charge in [0.15, 0.2) is 5.78 Å². The normalized spacial score (nSPS) is 11.4. The lowest BCUT2D eigenvalue weighted by Gasteiger charge is -2.03. The summed E-state index contributed by atoms with van der Waals surface area (Å²) < 4.78 is 4.63. The van der Waals surface area contributed by atoms with Crippen LogP contribution >= 0.6 is 34.9 Å². The van der Waals surface area contributed by atoms with E-state index in [0.717, 1.165) is 9.80 Å². The first kappa shape index (κ1) is 20.2. The summed E-state index contributed by atoms with van der Waals surface area (Å²) in [4.78, 5) is 12.3. The Morgan fingerprint density at radius 3 is 2.48 bits per heavy atom. The van der Waals surface area contributed by atoms with Crippen LogP contribution in [0.5, 0.6) is 0 Å². The lowest BCUT2D eigenvalue weighted by Crippen LogP contribution is -3.00. The highest BCUT2D eigenvalue weighted by Gasteiger charge is 2.15. The largest absolute Gasteiger partial charge is 1.00 e. The Morgan fingerprint density at radius 1 is 1.12 bits per heavy atom. The lowest BCUT2D eigenvalue weighted by molar-refractivity contribution is -0.642. The number of nitrogens with zero attached hydrogens (tertiary/aromatic N) is 1. The van der Waals surface area contributed by atoms with E-state index in [4.69, 9.17) is 0 Å². The fourth-order valence-electron chi connectivity index (χ4n) is 2.35. The second kappa shape index (κ2) is 9.57. The van der Waals surface area contributed by atoms with Gasteiger partial charge >= 0.3 is 0 Å². The van der Waals surface area contributed by atoms with E-state index in [0.29, 0.717) is 5.75 Å². The van der Waals surface area contributed by atoms with E-state index in [1.807, 2.05) is 30.3 Å². The van der Waals surface area contributed by atoms with Gasteiger partial charge in [-0.25, -0.2) is 0 Å². The Balaban J connectivity index is 0.00000225. The number of para-hydroxylation sites is 1. The summed E-state index contributed by atoms with van der Waals surface area (Å²) in [7, 11) is 2.09. The maximum absolute atomic E-state index is 12.3. The third kappa shape index (κ3) is 4.97. The first-order valence-electron chi connectivity index (χ1n) is 7.53. The van der Waals surface area contributed by atoms with Crippen LogP contribution in [0.15, 0.2) is 58.8 Å². The number of aryl methyl sites for hydroxylation is 1. The molecular weight excluding hydrogens is 434 g/mol. The number of rotatable bonds is 6. The average Bonchev–Trinajstić information content (AvgIpc) is 2.95. The summed E-state index contributed by atoms with van der Waals surface area (Å²) in [5.74, 6) is 0.631. The van der Waals surface area contributed by atoms with Crippen LogP contribution in [0.1, 0.15) is 15.4 Å². The van der Waals surface area contributed by atoms with Crippen LogP contribution in [0, 0.1) is 0 Å². The molecule has 25 heavy (non-hydrogen) atoms. The van der Waals surface area contributed by atoms with Crippen LogP contribution in [-0.4, -0.2) is 17.8 Å². The molecular formula is C19H18BrNOS3. The van der Waals surface area contributed by atoms with E-state index in [1.54, 1.807) is 34.9 Å². The number of Topliss-reactive ketones (excluding diaryl/α,β-unsaturated/α-hetero) is 1. The number of thioether (sulfide) groups is 2. The third-order valence-corrected chi connectivity index (χ3v) is 7.00. The van der Waals surface area contributed by atoms with E-state index >= 15 is 0 Å². The highest BCUT2D eigenvalue weighted by molar-refractivity contribution is 8.22. The summed E-state index contributed by atoms with van der Waals surface area (Å²) in [5, 5.41) is 1.19. The molecule has 0 radical (unpaired) electrons. The number of carbonyl (C=O) groups excluding carboxylic acids is 1. The van der Waals surface area contributed by atoms with E-state index in [-0.39, 0.29) is 22.8 Å². The zero-order valence-electron chi connectivity index (χ0n) is 13.9. The van der Waals surface area contributed by atoms with Crippen LogP contribution in [0.3, 0.4) is 0 Å². The number of fused-ring (bicyclic) bond motifs is 1. The van der Waals surface area contributed by atoms with Gasteiger partial charge in [-0.1, -0.05) is 53.8 Å². The van der Waals surface area contributed by atoms with Gasteiger partial charge in [-0.3, -0.25) is 4.79 Å². The summed E-state index contributed by atoms with van der Waals surface area (Å²) in [6.07, 6.45) is 4.23. The van der Waals surface area contributed by atoms with Crippen LogP contribution in [0.25, 0.3) is 16.3 Å². The van der Waals surface area contributed by atoms with Gasteiger partial charge in [0.1, 0.15) is 11.7 Å². The van der Waals surface area contributed by atoms with Crippen molar-refractivity contribution in [2.45, 2.75) is 0 Å². The number of aromatic nitrogens is 1. The zero-order chi connectivity index (χ0) is 16.9. The van der Waals surface area contributed by atoms with Crippen molar-refractivity contribution in [1.82, 2.24) is 0 Å². The number of carbonyl (C=O) groups is 1. The van der Waals surface area contributed by atoms with Gasteiger partial charge in [0.05, 0.1) is 5.75 Å². The van der Waals surface area contributed by atoms with Gasteiger partial charge in [-0.05, 0) is 12.3 Å². The van der Waals surface area contributed by atoms with Crippen LogP contribution in [-0.2, 0) is 7.05 Å². The molecule has 2 aromatic carbocycles. The van der Waals surface area contributed by atoms with E-state index < -0.39 is 0 Å². The van der Waals surface area contributed by atoms with E-state index in [2.05, 4.69) is 48.2 Å². The number of benzene rings is 2. The summed E-state index contributed by atoms with van der Waals surface area (Å²) in [5.41, 5.74) is 2.01. The Morgan fingerprint density at radius 2 is 1.80 bits per heavy atom. The third-order valence-electron chi connectivity index (χ3n) is 3.66. The highest BCUT2D eigenvalue weighted by Crippen LogP contribution is 2.31. The van der Waals surface area contributed by atoms with Crippen molar-refractivity contribution in [3.63, 3.8) is 0 Å². The van der Waals surface area contributed by atoms with E-state index in [1.165, 1.54) is 15.2 Å². The van der Waals surface area contributed by atoms with Gasteiger partial charge in [0.2, 0.25) is 5.52 Å². The van der Waals surface area contributed by atoms with Crippen molar-refractivity contribution >= 4 is 56.9 Å². The minimum absolute atomic E-state index is 0. The van der Waals surface area contributed by atoms with Crippen LogP contribution in [0.4, 0.5) is 0 Å². The van der Waals surface area contributed by atoms with Crippen LogP contribution in [0.2, 0.25) is 0 Å². The number of ketones is 1. The first-order valence-corrected chi connectivity index (χ1v) is 10.6. The molecule has 0 unspecified atom stereocenters. The number of hydrogen-bond acceptors (Lipinski definition) is 4. The summed E-state index contributed by atoms with van der Waals surface area (Å²) >= 11 is 5.06. The SMILES string of the molecule is CS/C(=C\c1sc2ccccc2[n+]1C)SCC(=O)c1ccccc1.[Br-]. The molecule has 130 valence electrons. The second-order valence-electron chi connectivity index (χ2n) is 5.21. The molecule has 3 aromatic rings. The maximum atomic E-state index is 12.3. The van der Waals surface area contributed by atoms with Crippen molar-refractivity contribution in [3.8, 4) is 0 Å². The standard InChI is InChI=1S/C19H18NOS3.BrH/c1-20-15-10-6-7-11-17(15)24-18(20)12-19(22-2)23-13-16(21)14-8-4-3-5-9-14;/h3-12H,13H2,1-2H3;1H/q+1;/p-1/b19-12+;. The number of halogens is 1. The summed E-state index contributed by atoms with van der Waals surface area (Å²) in [6, 6.07) is 17.9. The van der Waals surface area contributed by atoms with E-state index in [9.17, 15) is 4.79 Å². The molecule has 0 aliphatic heterocycles. The fraction of sp³-hybridized carbons (Fsp3) is 0.158. The molecule has 3 rings (SSSR count). The quantitative estimate of drug-likeness (QED) is 0.422. The Labute approximate surface area is 171 Å². The number of thiazole rings is 1. The lowest BCUT2D eigenvalue weighted by atomic mass is 10.2. The molecule has 0 amide bonds. The molecule has 0 atom stereocenters. The van der Waals surface area contributed by atoms with Gasteiger partial charge in [-0.2, -0.15) is 4.57 Å². The topological polar surface area (TPSA) is 20.9 Å². The van der Waals surface area contributed by atoms with Gasteiger partial charge < -0.3 is 17.0 Å². The average molecular weight is 452 g/mol. The number of hydrogen-bond donors (Lipinski definition) is 0. The molecule has 0 aliphatic rings. The fourth-order valence-corrected chi connectivity index (χ4v) is 5.11. The predicted molar refractivity (Wildman–Crippen MR) is 108 cm³/mol. The van der Waals surface area contributed by atoms with Crippen molar-refractivity contribution in [2.24, 2.45) is 7.05 Å². The molecule has 0 saturated carbocycles. The molecule has 0 spiro atoms. The molecule has 0 N–H and O–H groups in total. The van der Waals surface area contributed by atoms with Crippen molar-refractivity contribution in [1.29, 1.82) is 0 Å². The predicted octanol–water partition coefficient (Wildman–Crippen LogP) is 2.01. The van der Waals surface area contributed by atoms with Crippen LogP contribution < -0.4 is 21.5 Å². The molecule has 0 bridgehead atoms. The molecule has 1 heterocycles. The maximum Gasteiger partial charge on any atom is 0.264 e. The molecule has 1 aromatic heterocycles. The Bertz CT molecular complexity index is 890. The molecule has 0 saturated heterocycles. The Hall–Kier alpha value is -1.08. The minimum Gasteiger partial charge on any atom is -1.00 e. The Kier molecular flexibility index (Phi) is 7.75. The zero-order valence-corrected chi connectivity index (χ0v) is 18.0. The minimum atomic E-state index is 0. The van der Waals surface area contributed by atoms with Crippen molar-refractivity contribution in [2.75, 3.05) is 12.0 Å². The molecule has 0 aliphatic carbocycles. The summed E-state index contributed by atoms with van der Waals surface area (Å²) in [6.45, 7) is 0. The smallest absolute Gasteiger partial charge is 0.264 e.